The molecule has 0 saturated heterocycles. The van der Waals surface area contributed by atoms with Gasteiger partial charge in [-0.25, -0.2) is 0 Å². The Labute approximate surface area is 295 Å². The predicted octanol–water partition coefficient (Wildman–Crippen LogP) is 14.6. The van der Waals surface area contributed by atoms with Gasteiger partial charge in [0.25, 0.3) is 0 Å². The van der Waals surface area contributed by atoms with Crippen LogP contribution in [0.15, 0.2) is 167 Å². The zero-order valence-electron chi connectivity index (χ0n) is 27.2. The summed E-state index contributed by atoms with van der Waals surface area (Å²) >= 11 is 1.85. The maximum absolute atomic E-state index is 6.77. The van der Waals surface area contributed by atoms with Gasteiger partial charge in [-0.3, -0.25) is 0 Å². The first kappa shape index (κ1) is 27.4. The molecular formula is C48H26O2S. The molecule has 0 radical (unpaired) electrons. The van der Waals surface area contributed by atoms with Crippen LogP contribution in [0.5, 0.6) is 0 Å². The van der Waals surface area contributed by atoms with Crippen LogP contribution in [0, 0.1) is 0 Å². The van der Waals surface area contributed by atoms with Crippen molar-refractivity contribution in [3.63, 3.8) is 0 Å². The first-order valence-corrected chi connectivity index (χ1v) is 18.1. The molecule has 0 spiro atoms. The van der Waals surface area contributed by atoms with Gasteiger partial charge in [0.05, 0.1) is 0 Å². The second kappa shape index (κ2) is 10.1. The van der Waals surface area contributed by atoms with E-state index in [9.17, 15) is 0 Å². The lowest BCUT2D eigenvalue weighted by Gasteiger charge is -2.17. The number of hydrogen-bond acceptors (Lipinski definition) is 3. The molecule has 51 heavy (non-hydrogen) atoms. The summed E-state index contributed by atoms with van der Waals surface area (Å²) in [5, 5.41) is 14.4. The zero-order chi connectivity index (χ0) is 33.2. The van der Waals surface area contributed by atoms with Crippen molar-refractivity contribution >= 4 is 108 Å². The van der Waals surface area contributed by atoms with Crippen molar-refractivity contribution in [2.45, 2.75) is 0 Å². The Hall–Kier alpha value is -6.42. The minimum Gasteiger partial charge on any atom is -0.456 e. The van der Waals surface area contributed by atoms with Gasteiger partial charge in [0, 0.05) is 47.1 Å². The van der Waals surface area contributed by atoms with Crippen molar-refractivity contribution in [1.29, 1.82) is 0 Å². The van der Waals surface area contributed by atoms with E-state index in [4.69, 9.17) is 8.83 Å². The van der Waals surface area contributed by atoms with E-state index in [1.165, 1.54) is 69.2 Å². The molecule has 3 aromatic heterocycles. The smallest absolute Gasteiger partial charge is 0.144 e. The summed E-state index contributed by atoms with van der Waals surface area (Å²) in [4.78, 5) is 0. The van der Waals surface area contributed by atoms with Gasteiger partial charge in [-0.15, -0.1) is 11.3 Å². The molecule has 9 aromatic carbocycles. The second-order valence-corrected chi connectivity index (χ2v) is 14.6. The van der Waals surface area contributed by atoms with Gasteiger partial charge in [0.1, 0.15) is 22.3 Å². The number of rotatable bonds is 2. The van der Waals surface area contributed by atoms with Crippen LogP contribution in [-0.4, -0.2) is 0 Å². The van der Waals surface area contributed by atoms with Gasteiger partial charge in [0.2, 0.25) is 0 Å². The van der Waals surface area contributed by atoms with Crippen molar-refractivity contribution in [2.24, 2.45) is 0 Å². The Bertz CT molecular complexity index is 3370. The summed E-state index contributed by atoms with van der Waals surface area (Å²) in [5.41, 5.74) is 8.47. The minimum absolute atomic E-state index is 0.906. The van der Waals surface area contributed by atoms with Crippen molar-refractivity contribution < 1.29 is 8.83 Å². The molecule has 0 amide bonds. The maximum atomic E-state index is 6.77. The van der Waals surface area contributed by atoms with Gasteiger partial charge >= 0.3 is 0 Å². The maximum Gasteiger partial charge on any atom is 0.144 e. The normalized spacial score (nSPS) is 12.3. The van der Waals surface area contributed by atoms with Gasteiger partial charge in [0.15, 0.2) is 0 Å². The fourth-order valence-corrected chi connectivity index (χ4v) is 9.86. The van der Waals surface area contributed by atoms with Crippen LogP contribution in [-0.2, 0) is 0 Å². The molecule has 2 nitrogen and oxygen atoms in total. The average molecular weight is 667 g/mol. The summed E-state index contributed by atoms with van der Waals surface area (Å²) < 4.78 is 15.7. The Balaban J connectivity index is 1.12. The van der Waals surface area contributed by atoms with Gasteiger partial charge in [-0.05, 0) is 91.6 Å². The number of para-hydroxylation sites is 1. The molecule has 0 N–H and O–H groups in total. The third-order valence-electron chi connectivity index (χ3n) is 10.8. The fourth-order valence-electron chi connectivity index (χ4n) is 8.61. The van der Waals surface area contributed by atoms with Crippen LogP contribution >= 0.6 is 11.3 Å². The Morgan fingerprint density at radius 2 is 0.902 bits per heavy atom. The summed E-state index contributed by atoms with van der Waals surface area (Å²) in [6, 6.07) is 57.0. The van der Waals surface area contributed by atoms with Gasteiger partial charge < -0.3 is 8.83 Å². The Kier molecular flexibility index (Phi) is 5.41. The first-order valence-electron chi connectivity index (χ1n) is 17.3. The van der Waals surface area contributed by atoms with Crippen molar-refractivity contribution in [3.8, 4) is 22.3 Å². The van der Waals surface area contributed by atoms with Crippen LogP contribution < -0.4 is 0 Å². The summed E-state index contributed by atoms with van der Waals surface area (Å²) in [5.74, 6) is 0. The lowest BCUT2D eigenvalue weighted by atomic mass is 9.85. The van der Waals surface area contributed by atoms with Gasteiger partial charge in [-0.1, -0.05) is 115 Å². The molecule has 0 aliphatic rings. The van der Waals surface area contributed by atoms with E-state index in [1.807, 2.05) is 23.5 Å². The lowest BCUT2D eigenvalue weighted by Crippen LogP contribution is -1.90. The highest BCUT2D eigenvalue weighted by Crippen LogP contribution is 2.47. The molecule has 0 fully saturated rings. The largest absolute Gasteiger partial charge is 0.456 e. The number of furan rings is 2. The molecule has 236 valence electrons. The van der Waals surface area contributed by atoms with E-state index in [0.717, 1.165) is 49.4 Å². The van der Waals surface area contributed by atoms with E-state index < -0.39 is 0 Å². The average Bonchev–Trinajstić information content (AvgIpc) is 3.87. The third kappa shape index (κ3) is 3.76. The minimum atomic E-state index is 0.906. The van der Waals surface area contributed by atoms with Crippen LogP contribution in [0.4, 0.5) is 0 Å². The number of benzene rings is 9. The highest BCUT2D eigenvalue weighted by Gasteiger charge is 2.20. The molecule has 0 atom stereocenters. The van der Waals surface area contributed by atoms with Crippen molar-refractivity contribution in [1.82, 2.24) is 0 Å². The highest BCUT2D eigenvalue weighted by molar-refractivity contribution is 7.26. The fraction of sp³-hybridized carbons (Fsp3) is 0. The topological polar surface area (TPSA) is 26.3 Å². The molecule has 0 aliphatic carbocycles. The van der Waals surface area contributed by atoms with Crippen LogP contribution in [0.1, 0.15) is 0 Å². The van der Waals surface area contributed by atoms with E-state index in [2.05, 4.69) is 146 Å². The molecular weight excluding hydrogens is 641 g/mol. The molecule has 12 rings (SSSR count). The zero-order valence-corrected chi connectivity index (χ0v) is 28.1. The van der Waals surface area contributed by atoms with Crippen LogP contribution in [0.25, 0.3) is 119 Å². The van der Waals surface area contributed by atoms with Crippen LogP contribution in [0.2, 0.25) is 0 Å². The lowest BCUT2D eigenvalue weighted by molar-refractivity contribution is 0.669. The van der Waals surface area contributed by atoms with E-state index in [0.29, 0.717) is 0 Å². The molecule has 3 heterocycles. The highest BCUT2D eigenvalue weighted by atomic mass is 32.1. The monoisotopic (exact) mass is 666 g/mol. The SMILES string of the molecule is c1ccc2c(c1)oc1cc(-c3c4ccccc4c(-c4ccc5oc6c(ccc7ccc8c9ccccc9sc8c76)c5c4)c4ccccc34)ccc12. The molecule has 12 aromatic rings. The predicted molar refractivity (Wildman–Crippen MR) is 217 cm³/mol. The Morgan fingerprint density at radius 3 is 1.65 bits per heavy atom. The van der Waals surface area contributed by atoms with E-state index >= 15 is 0 Å². The molecule has 0 bridgehead atoms. The quantitative estimate of drug-likeness (QED) is 0.172. The van der Waals surface area contributed by atoms with Crippen molar-refractivity contribution in [2.75, 3.05) is 0 Å². The summed E-state index contributed by atoms with van der Waals surface area (Å²) in [7, 11) is 0. The second-order valence-electron chi connectivity index (χ2n) is 13.5. The van der Waals surface area contributed by atoms with E-state index in [1.54, 1.807) is 0 Å². The van der Waals surface area contributed by atoms with Crippen molar-refractivity contribution in [3.05, 3.63) is 158 Å². The number of hydrogen-bond donors (Lipinski definition) is 0. The van der Waals surface area contributed by atoms with Crippen LogP contribution in [0.3, 0.4) is 0 Å². The summed E-state index contributed by atoms with van der Waals surface area (Å²) in [6.07, 6.45) is 0. The summed E-state index contributed by atoms with van der Waals surface area (Å²) in [6.45, 7) is 0. The third-order valence-corrected chi connectivity index (χ3v) is 12.1. The van der Waals surface area contributed by atoms with E-state index in [-0.39, 0.29) is 0 Å². The molecule has 0 saturated carbocycles. The number of fused-ring (bicyclic) bond motifs is 14. The molecule has 0 aliphatic heterocycles. The standard InChI is InChI=1S/C48H26O2S/c1-3-13-35-33(11-1)44(34-12-2-4-14-36(34)45(35)29-19-21-31-30-9-5-7-15-40(30)49-42(31)26-29)28-20-24-41-39(25-28)37-22-17-27-18-23-38-32-10-6-8-16-43(32)51-48(38)46(27)47(37)50-41/h1-26H. The Morgan fingerprint density at radius 1 is 0.353 bits per heavy atom. The first-order chi connectivity index (χ1) is 25.3. The molecule has 3 heteroatoms. The van der Waals surface area contributed by atoms with Gasteiger partial charge in [-0.2, -0.15) is 0 Å². The molecule has 0 unspecified atom stereocenters. The number of thiophene rings is 1.